The van der Waals surface area contributed by atoms with Crippen molar-refractivity contribution in [1.29, 1.82) is 0 Å². The number of sulfonamides is 1. The molecule has 24 heavy (non-hydrogen) atoms. The Morgan fingerprint density at radius 1 is 0.917 bits per heavy atom. The molecule has 0 aliphatic carbocycles. The molecular weight excluding hydrogens is 342 g/mol. The third-order valence-electron chi connectivity index (χ3n) is 4.05. The van der Waals surface area contributed by atoms with Crippen molar-refractivity contribution < 1.29 is 13.2 Å². The van der Waals surface area contributed by atoms with Gasteiger partial charge in [0.25, 0.3) is 15.9 Å². The van der Waals surface area contributed by atoms with Crippen LogP contribution in [0.4, 0.5) is 0 Å². The SMILES string of the molecule is O=C1c2ccccc2S(=O)(=O)N1Cc1ccc(-c2ccsc2)cc1. The van der Waals surface area contributed by atoms with Crippen LogP contribution in [-0.4, -0.2) is 18.6 Å². The van der Waals surface area contributed by atoms with Gasteiger partial charge in [0, 0.05) is 0 Å². The Hall–Kier alpha value is -2.44. The van der Waals surface area contributed by atoms with Gasteiger partial charge in [0.1, 0.15) is 4.90 Å². The number of carbonyl (C=O) groups is 1. The van der Waals surface area contributed by atoms with Crippen LogP contribution in [0.1, 0.15) is 15.9 Å². The average molecular weight is 355 g/mol. The summed E-state index contributed by atoms with van der Waals surface area (Å²) in [6, 6.07) is 16.0. The summed E-state index contributed by atoms with van der Waals surface area (Å²) in [7, 11) is -3.76. The Morgan fingerprint density at radius 3 is 2.33 bits per heavy atom. The van der Waals surface area contributed by atoms with Crippen LogP contribution in [0, 0.1) is 0 Å². The van der Waals surface area contributed by atoms with Crippen molar-refractivity contribution in [3.8, 4) is 11.1 Å². The summed E-state index contributed by atoms with van der Waals surface area (Å²) in [6.45, 7) is 0.0414. The van der Waals surface area contributed by atoms with Crippen molar-refractivity contribution in [3.63, 3.8) is 0 Å². The van der Waals surface area contributed by atoms with Crippen LogP contribution in [0.3, 0.4) is 0 Å². The van der Waals surface area contributed by atoms with E-state index < -0.39 is 15.9 Å². The number of hydrogen-bond donors (Lipinski definition) is 0. The van der Waals surface area contributed by atoms with E-state index in [1.54, 1.807) is 29.5 Å². The summed E-state index contributed by atoms with van der Waals surface area (Å²) in [5.74, 6) is -0.465. The van der Waals surface area contributed by atoms with E-state index in [2.05, 4.69) is 5.38 Å². The van der Waals surface area contributed by atoms with Crippen LogP contribution in [0.25, 0.3) is 11.1 Å². The lowest BCUT2D eigenvalue weighted by molar-refractivity contribution is 0.0865. The molecule has 3 aromatic rings. The first-order chi connectivity index (χ1) is 11.6. The van der Waals surface area contributed by atoms with Gasteiger partial charge in [-0.1, -0.05) is 36.4 Å². The zero-order valence-electron chi connectivity index (χ0n) is 12.5. The molecule has 0 saturated heterocycles. The fraction of sp³-hybridized carbons (Fsp3) is 0.0556. The second-order valence-corrected chi connectivity index (χ2v) is 8.13. The van der Waals surface area contributed by atoms with E-state index in [1.807, 2.05) is 35.7 Å². The van der Waals surface area contributed by atoms with E-state index in [4.69, 9.17) is 0 Å². The van der Waals surface area contributed by atoms with Crippen molar-refractivity contribution in [2.24, 2.45) is 0 Å². The Morgan fingerprint density at radius 2 is 1.67 bits per heavy atom. The molecule has 1 amide bonds. The Kier molecular flexibility index (Phi) is 3.51. The van der Waals surface area contributed by atoms with Gasteiger partial charge >= 0.3 is 0 Å². The van der Waals surface area contributed by atoms with E-state index in [0.29, 0.717) is 0 Å². The maximum atomic E-state index is 12.6. The minimum absolute atomic E-state index is 0.0414. The molecule has 0 spiro atoms. The van der Waals surface area contributed by atoms with Gasteiger partial charge in [0.15, 0.2) is 0 Å². The van der Waals surface area contributed by atoms with Crippen LogP contribution >= 0.6 is 11.3 Å². The van der Waals surface area contributed by atoms with Gasteiger partial charge in [-0.25, -0.2) is 12.7 Å². The zero-order valence-corrected chi connectivity index (χ0v) is 14.2. The molecule has 0 N–H and O–H groups in total. The maximum absolute atomic E-state index is 12.6. The van der Waals surface area contributed by atoms with Crippen molar-refractivity contribution in [1.82, 2.24) is 4.31 Å². The standard InChI is InChI=1S/C18H13NO3S2/c20-18-16-3-1-2-4-17(16)24(21,22)19(18)11-13-5-7-14(8-6-13)15-9-10-23-12-15/h1-10,12H,11H2. The monoisotopic (exact) mass is 355 g/mol. The molecule has 1 aliphatic heterocycles. The predicted octanol–water partition coefficient (Wildman–Crippen LogP) is 3.76. The highest BCUT2D eigenvalue weighted by atomic mass is 32.2. The lowest BCUT2D eigenvalue weighted by Gasteiger charge is -2.15. The summed E-state index contributed by atoms with van der Waals surface area (Å²) in [4.78, 5) is 12.5. The Balaban J connectivity index is 1.63. The summed E-state index contributed by atoms with van der Waals surface area (Å²) in [5.41, 5.74) is 3.22. The normalized spacial score (nSPS) is 15.5. The van der Waals surface area contributed by atoms with Gasteiger partial charge in [-0.15, -0.1) is 0 Å². The van der Waals surface area contributed by atoms with E-state index in [0.717, 1.165) is 21.0 Å². The van der Waals surface area contributed by atoms with Crippen molar-refractivity contribution in [2.45, 2.75) is 11.4 Å². The molecule has 120 valence electrons. The topological polar surface area (TPSA) is 54.5 Å². The number of carbonyl (C=O) groups excluding carboxylic acids is 1. The van der Waals surface area contributed by atoms with E-state index >= 15 is 0 Å². The molecule has 0 unspecified atom stereocenters. The summed E-state index contributed by atoms with van der Waals surface area (Å²) in [5, 5.41) is 4.07. The molecule has 2 aromatic carbocycles. The fourth-order valence-corrected chi connectivity index (χ4v) is 5.01. The molecule has 4 rings (SSSR count). The van der Waals surface area contributed by atoms with Gasteiger partial charge in [0.2, 0.25) is 0 Å². The van der Waals surface area contributed by atoms with E-state index in [-0.39, 0.29) is 17.0 Å². The second kappa shape index (κ2) is 5.58. The maximum Gasteiger partial charge on any atom is 0.269 e. The van der Waals surface area contributed by atoms with Crippen LogP contribution < -0.4 is 0 Å². The third kappa shape index (κ3) is 2.35. The Bertz CT molecular complexity index is 1010. The number of benzene rings is 2. The molecule has 0 atom stereocenters. The molecule has 6 heteroatoms. The smallest absolute Gasteiger partial charge is 0.268 e. The van der Waals surface area contributed by atoms with Crippen LogP contribution in [0.5, 0.6) is 0 Å². The first-order valence-corrected chi connectivity index (χ1v) is 9.73. The molecule has 4 nitrogen and oxygen atoms in total. The highest BCUT2D eigenvalue weighted by Crippen LogP contribution is 2.31. The number of nitrogens with zero attached hydrogens (tertiary/aromatic N) is 1. The number of hydrogen-bond acceptors (Lipinski definition) is 4. The van der Waals surface area contributed by atoms with Gasteiger partial charge in [-0.3, -0.25) is 4.79 Å². The van der Waals surface area contributed by atoms with Crippen molar-refractivity contribution >= 4 is 27.3 Å². The second-order valence-electron chi connectivity index (χ2n) is 5.52. The van der Waals surface area contributed by atoms with Gasteiger partial charge in [-0.2, -0.15) is 11.3 Å². The zero-order chi connectivity index (χ0) is 16.7. The summed E-state index contributed by atoms with van der Waals surface area (Å²) < 4.78 is 26.1. The molecule has 1 aromatic heterocycles. The molecular formula is C18H13NO3S2. The summed E-state index contributed by atoms with van der Waals surface area (Å²) in [6.07, 6.45) is 0. The van der Waals surface area contributed by atoms with Crippen molar-refractivity contribution in [3.05, 3.63) is 76.5 Å². The highest BCUT2D eigenvalue weighted by Gasteiger charge is 2.40. The summed E-state index contributed by atoms with van der Waals surface area (Å²) >= 11 is 1.63. The lowest BCUT2D eigenvalue weighted by atomic mass is 10.1. The number of amides is 1. The van der Waals surface area contributed by atoms with E-state index in [9.17, 15) is 13.2 Å². The lowest BCUT2D eigenvalue weighted by Crippen LogP contribution is -2.29. The molecule has 0 bridgehead atoms. The first kappa shape index (κ1) is 15.1. The quantitative estimate of drug-likeness (QED) is 0.719. The first-order valence-electron chi connectivity index (χ1n) is 7.35. The molecule has 1 aliphatic rings. The van der Waals surface area contributed by atoms with Gasteiger partial charge in [0.05, 0.1) is 12.1 Å². The van der Waals surface area contributed by atoms with Crippen LogP contribution in [-0.2, 0) is 16.6 Å². The predicted molar refractivity (Wildman–Crippen MR) is 93.3 cm³/mol. The number of thiophene rings is 1. The van der Waals surface area contributed by atoms with Crippen molar-refractivity contribution in [2.75, 3.05) is 0 Å². The highest BCUT2D eigenvalue weighted by molar-refractivity contribution is 7.90. The largest absolute Gasteiger partial charge is 0.269 e. The molecule has 0 saturated carbocycles. The van der Waals surface area contributed by atoms with E-state index in [1.165, 1.54) is 6.07 Å². The van der Waals surface area contributed by atoms with Gasteiger partial charge < -0.3 is 0 Å². The fourth-order valence-electron chi connectivity index (χ4n) is 2.78. The minimum Gasteiger partial charge on any atom is -0.268 e. The number of fused-ring (bicyclic) bond motifs is 1. The molecule has 2 heterocycles. The third-order valence-corrected chi connectivity index (χ3v) is 6.52. The van der Waals surface area contributed by atoms with Crippen LogP contribution in [0.2, 0.25) is 0 Å². The number of rotatable bonds is 3. The van der Waals surface area contributed by atoms with Gasteiger partial charge in [-0.05, 0) is 45.6 Å². The minimum atomic E-state index is -3.76. The van der Waals surface area contributed by atoms with Crippen LogP contribution in [0.15, 0.2) is 70.3 Å². The molecule has 0 fully saturated rings. The Labute approximate surface area is 144 Å². The average Bonchev–Trinajstić information content (AvgIpc) is 3.19. The molecule has 0 radical (unpaired) electrons.